The molecule has 1 atom stereocenters. The number of methoxy groups -OCH3 is 1. The van der Waals surface area contributed by atoms with Crippen LogP contribution in [0.2, 0.25) is 0 Å². The summed E-state index contributed by atoms with van der Waals surface area (Å²) in [6.07, 6.45) is 2.63. The summed E-state index contributed by atoms with van der Waals surface area (Å²) in [7, 11) is 1.33. The van der Waals surface area contributed by atoms with Gasteiger partial charge >= 0.3 is 6.61 Å². The first-order valence-corrected chi connectivity index (χ1v) is 11.2. The van der Waals surface area contributed by atoms with Crippen molar-refractivity contribution in [2.24, 2.45) is 0 Å². The minimum atomic E-state index is -3.13. The lowest BCUT2D eigenvalue weighted by Crippen LogP contribution is -2.25. The summed E-state index contributed by atoms with van der Waals surface area (Å²) in [5, 5.41) is 8.74. The monoisotopic (exact) mass is 497 g/mol. The average Bonchev–Trinajstić information content (AvgIpc) is 3.54. The molecule has 4 aromatic rings. The summed E-state index contributed by atoms with van der Waals surface area (Å²) in [6.45, 7) is -2.66. The van der Waals surface area contributed by atoms with E-state index in [9.17, 15) is 18.0 Å². The highest BCUT2D eigenvalue weighted by Crippen LogP contribution is 2.34. The fraction of sp³-hybridized carbons (Fsp3) is 0.240. The van der Waals surface area contributed by atoms with Gasteiger partial charge in [0.25, 0.3) is 5.43 Å². The van der Waals surface area contributed by atoms with Crippen molar-refractivity contribution in [2.75, 3.05) is 18.6 Å². The zero-order chi connectivity index (χ0) is 25.2. The lowest BCUT2D eigenvalue weighted by atomic mass is 10.2. The van der Waals surface area contributed by atoms with Crippen LogP contribution < -0.4 is 19.8 Å². The van der Waals surface area contributed by atoms with Crippen molar-refractivity contribution in [3.05, 3.63) is 77.2 Å². The molecule has 186 valence electrons. The normalized spacial score (nSPS) is 15.5. The first-order valence-electron chi connectivity index (χ1n) is 11.2. The highest BCUT2D eigenvalue weighted by Gasteiger charge is 2.26. The Labute approximate surface area is 204 Å². The molecule has 1 aliphatic heterocycles. The molecule has 1 fully saturated rings. The Balaban J connectivity index is 1.65. The third kappa shape index (κ3) is 4.39. The first-order chi connectivity index (χ1) is 17.5. The fourth-order valence-electron chi connectivity index (χ4n) is 4.24. The van der Waals surface area contributed by atoms with Crippen LogP contribution in [-0.4, -0.2) is 46.1 Å². The largest absolute Gasteiger partial charge is 0.491 e. The van der Waals surface area contributed by atoms with E-state index in [2.05, 4.69) is 10.2 Å². The molecule has 1 saturated heterocycles. The lowest BCUT2D eigenvalue weighted by Gasteiger charge is -2.23. The summed E-state index contributed by atoms with van der Waals surface area (Å²) in [6, 6.07) is 15.2. The summed E-state index contributed by atoms with van der Waals surface area (Å²) >= 11 is 0. The van der Waals surface area contributed by atoms with Gasteiger partial charge in [-0.1, -0.05) is 18.2 Å². The Morgan fingerprint density at radius 3 is 2.56 bits per heavy atom. The van der Waals surface area contributed by atoms with Crippen LogP contribution in [0.1, 0.15) is 12.8 Å². The molecule has 0 radical (unpaired) electrons. The summed E-state index contributed by atoms with van der Waals surface area (Å²) in [5.74, 6) is -0.279. The molecule has 2 aromatic heterocycles. The molecule has 0 spiro atoms. The highest BCUT2D eigenvalue weighted by molar-refractivity contribution is 5.62. The van der Waals surface area contributed by atoms with E-state index in [4.69, 9.17) is 9.47 Å². The molecule has 8 nitrogen and oxygen atoms in total. The molecule has 2 aromatic carbocycles. The zero-order valence-electron chi connectivity index (χ0n) is 19.2. The third-order valence-corrected chi connectivity index (χ3v) is 5.91. The minimum Gasteiger partial charge on any atom is -0.491 e. The fourth-order valence-corrected chi connectivity index (χ4v) is 4.24. The molecule has 11 heteroatoms. The number of hydrogen-bond acceptors (Lipinski definition) is 6. The van der Waals surface area contributed by atoms with Gasteiger partial charge in [0, 0.05) is 18.3 Å². The molecule has 1 unspecified atom stereocenters. The van der Waals surface area contributed by atoms with Crippen molar-refractivity contribution >= 4 is 5.69 Å². The van der Waals surface area contributed by atoms with Gasteiger partial charge in [-0.05, 0) is 43.2 Å². The van der Waals surface area contributed by atoms with Crippen LogP contribution >= 0.6 is 0 Å². The topological polar surface area (TPSA) is 74.4 Å². The Bertz CT molecular complexity index is 1420. The van der Waals surface area contributed by atoms with E-state index in [-0.39, 0.29) is 22.9 Å². The van der Waals surface area contributed by atoms with Crippen molar-refractivity contribution in [1.82, 2.24) is 19.6 Å². The maximum absolute atomic E-state index is 14.3. The van der Waals surface area contributed by atoms with E-state index < -0.39 is 18.3 Å². The Morgan fingerprint density at radius 2 is 1.86 bits per heavy atom. The number of aromatic nitrogens is 4. The molecule has 0 aliphatic carbocycles. The van der Waals surface area contributed by atoms with Crippen molar-refractivity contribution in [1.29, 1.82) is 0 Å². The number of anilines is 1. The summed E-state index contributed by atoms with van der Waals surface area (Å²) in [5.41, 5.74) is 1.10. The number of ether oxygens (including phenoxy) is 2. The van der Waals surface area contributed by atoms with Crippen molar-refractivity contribution in [3.8, 4) is 34.3 Å². The number of halogens is 3. The smallest absolute Gasteiger partial charge is 0.387 e. The van der Waals surface area contributed by atoms with E-state index in [0.29, 0.717) is 36.5 Å². The van der Waals surface area contributed by atoms with Crippen LogP contribution in [-0.2, 0) is 0 Å². The second kappa shape index (κ2) is 9.76. The third-order valence-electron chi connectivity index (χ3n) is 5.91. The predicted octanol–water partition coefficient (Wildman–Crippen LogP) is 4.59. The molecule has 0 bridgehead atoms. The predicted molar refractivity (Wildman–Crippen MR) is 127 cm³/mol. The van der Waals surface area contributed by atoms with E-state index >= 15 is 0 Å². The Morgan fingerprint density at radius 1 is 1.06 bits per heavy atom. The summed E-state index contributed by atoms with van der Waals surface area (Å²) < 4.78 is 53.8. The maximum Gasteiger partial charge on any atom is 0.387 e. The van der Waals surface area contributed by atoms with Gasteiger partial charge < -0.3 is 14.4 Å². The molecular weight excluding hydrogens is 475 g/mol. The number of hydrogen-bond donors (Lipinski definition) is 0. The van der Waals surface area contributed by atoms with Crippen molar-refractivity contribution in [3.63, 3.8) is 0 Å². The Kier molecular flexibility index (Phi) is 6.36. The molecule has 0 amide bonds. The minimum absolute atomic E-state index is 0.00820. The molecule has 1 aliphatic rings. The molecule has 0 N–H and O–H groups in total. The SMILES string of the molecule is COc1cn(-c2ccc(N3CCCC3F)cc2OC(F)F)nc(-c2ccnn2-c2ccccc2)c1=O. The van der Waals surface area contributed by atoms with Gasteiger partial charge in [-0.25, -0.2) is 13.8 Å². The van der Waals surface area contributed by atoms with Crippen LogP contribution in [0.4, 0.5) is 18.9 Å². The zero-order valence-corrected chi connectivity index (χ0v) is 19.2. The second-order valence-corrected chi connectivity index (χ2v) is 8.08. The molecule has 36 heavy (non-hydrogen) atoms. The van der Waals surface area contributed by atoms with Crippen molar-refractivity contribution in [2.45, 2.75) is 25.7 Å². The number of alkyl halides is 3. The van der Waals surface area contributed by atoms with E-state index in [1.54, 1.807) is 16.8 Å². The van der Waals surface area contributed by atoms with E-state index in [0.717, 1.165) is 0 Å². The first kappa shape index (κ1) is 23.5. The van der Waals surface area contributed by atoms with Gasteiger partial charge in [0.2, 0.25) is 0 Å². The summed E-state index contributed by atoms with van der Waals surface area (Å²) in [4.78, 5) is 14.6. The quantitative estimate of drug-likeness (QED) is 0.348. The van der Waals surface area contributed by atoms with Gasteiger partial charge in [-0.15, -0.1) is 0 Å². The second-order valence-electron chi connectivity index (χ2n) is 8.08. The average molecular weight is 497 g/mol. The molecule has 5 rings (SSSR count). The number of nitrogens with zero attached hydrogens (tertiary/aromatic N) is 5. The van der Waals surface area contributed by atoms with Gasteiger partial charge in [-0.2, -0.15) is 19.0 Å². The van der Waals surface area contributed by atoms with E-state index in [1.807, 2.05) is 30.3 Å². The number of benzene rings is 2. The van der Waals surface area contributed by atoms with Crippen LogP contribution in [0.25, 0.3) is 22.8 Å². The van der Waals surface area contributed by atoms with Crippen LogP contribution in [0.5, 0.6) is 11.5 Å². The van der Waals surface area contributed by atoms with Crippen LogP contribution in [0.3, 0.4) is 0 Å². The van der Waals surface area contributed by atoms with Crippen molar-refractivity contribution < 1.29 is 22.6 Å². The standard InChI is InChI=1S/C25H22F3N5O3/c1-35-21-15-32(18-10-9-17(14-20(18)36-25(27)28)31-13-5-8-22(31)26)30-23(24(21)34)19-11-12-29-33(19)16-6-3-2-4-7-16/h2-4,6-7,9-12,14-15,22,25H,5,8,13H2,1H3. The van der Waals surface area contributed by atoms with Crippen LogP contribution in [0, 0.1) is 0 Å². The number of rotatable bonds is 7. The molecule has 0 saturated carbocycles. The maximum atomic E-state index is 14.3. The van der Waals surface area contributed by atoms with Gasteiger partial charge in [-0.3, -0.25) is 4.79 Å². The van der Waals surface area contributed by atoms with E-state index in [1.165, 1.54) is 41.2 Å². The van der Waals surface area contributed by atoms with Crippen LogP contribution in [0.15, 0.2) is 71.8 Å². The van der Waals surface area contributed by atoms with Gasteiger partial charge in [0.15, 0.2) is 23.5 Å². The lowest BCUT2D eigenvalue weighted by molar-refractivity contribution is -0.0498. The molecular formula is C25H22F3N5O3. The Hall–Kier alpha value is -4.28. The highest BCUT2D eigenvalue weighted by atomic mass is 19.3. The van der Waals surface area contributed by atoms with Gasteiger partial charge in [0.1, 0.15) is 5.69 Å². The van der Waals surface area contributed by atoms with Gasteiger partial charge in [0.05, 0.1) is 30.9 Å². The number of para-hydroxylation sites is 1. The molecule has 3 heterocycles.